The van der Waals surface area contributed by atoms with E-state index in [-0.39, 0.29) is 25.2 Å². The minimum Gasteiger partial charge on any atom is -0.462 e. The van der Waals surface area contributed by atoms with Crippen LogP contribution in [0.3, 0.4) is 0 Å². The molecule has 0 aliphatic rings. The summed E-state index contributed by atoms with van der Waals surface area (Å²) in [6.45, 7) is 5.33. The van der Waals surface area contributed by atoms with E-state index in [2.05, 4.69) is 43.5 Å². The molecule has 1 N–H and O–H groups in total. The van der Waals surface area contributed by atoms with Gasteiger partial charge in [-0.2, -0.15) is 0 Å². The van der Waals surface area contributed by atoms with Gasteiger partial charge in [-0.1, -0.05) is 141 Å². The summed E-state index contributed by atoms with van der Waals surface area (Å²) in [6.07, 6.45) is 39.7. The van der Waals surface area contributed by atoms with Crippen molar-refractivity contribution in [1.29, 1.82) is 0 Å². The molecule has 0 saturated carbocycles. The number of rotatable bonds is 38. The standard InChI is InChI=1S/C44H82N2O6/c1-5-7-9-11-13-15-17-19-21-23-25-27-29-31-33-35-42(47)50-39-41(52-44(49)45-37-38-46(3)4)40-51-43(48)36-34-32-30-28-26-24-22-20-18-16-14-12-10-8-6-2/h19-22,41H,5-18,23-40H2,1-4H3,(H,45,49)/b21-19-,22-20-. The summed E-state index contributed by atoms with van der Waals surface area (Å²) in [7, 11) is 3.84. The van der Waals surface area contributed by atoms with Gasteiger partial charge in [-0.05, 0) is 78.3 Å². The van der Waals surface area contributed by atoms with E-state index in [0.29, 0.717) is 25.9 Å². The lowest BCUT2D eigenvalue weighted by molar-refractivity contribution is -0.152. The molecular formula is C44H82N2O6. The number of nitrogens with zero attached hydrogens (tertiary/aromatic N) is 1. The van der Waals surface area contributed by atoms with Gasteiger partial charge in [0.2, 0.25) is 0 Å². The van der Waals surface area contributed by atoms with Crippen molar-refractivity contribution in [3.63, 3.8) is 0 Å². The summed E-state index contributed by atoms with van der Waals surface area (Å²) in [5.41, 5.74) is 0. The Balaban J connectivity index is 4.15. The fraction of sp³-hybridized carbons (Fsp3) is 0.841. The first-order chi connectivity index (χ1) is 25.4. The highest BCUT2D eigenvalue weighted by atomic mass is 16.6. The van der Waals surface area contributed by atoms with Gasteiger partial charge in [-0.3, -0.25) is 9.59 Å². The van der Waals surface area contributed by atoms with Crippen LogP contribution in [0.4, 0.5) is 4.79 Å². The van der Waals surface area contributed by atoms with Gasteiger partial charge < -0.3 is 24.4 Å². The first-order valence-corrected chi connectivity index (χ1v) is 21.6. The second-order valence-corrected chi connectivity index (χ2v) is 14.8. The lowest BCUT2D eigenvalue weighted by Crippen LogP contribution is -2.37. The van der Waals surface area contributed by atoms with Crippen molar-refractivity contribution in [2.75, 3.05) is 40.4 Å². The van der Waals surface area contributed by atoms with Crippen molar-refractivity contribution in [3.8, 4) is 0 Å². The molecule has 0 aromatic carbocycles. The zero-order valence-electron chi connectivity index (χ0n) is 34.4. The Morgan fingerprint density at radius 1 is 0.519 bits per heavy atom. The Bertz CT molecular complexity index is 819. The number of likely N-dealkylation sites (N-methyl/N-ethyl adjacent to an activating group) is 1. The van der Waals surface area contributed by atoms with Crippen LogP contribution in [0.2, 0.25) is 0 Å². The van der Waals surface area contributed by atoms with Gasteiger partial charge in [0.15, 0.2) is 6.10 Å². The molecule has 0 bridgehead atoms. The lowest BCUT2D eigenvalue weighted by atomic mass is 10.1. The van der Waals surface area contributed by atoms with Gasteiger partial charge in [0.05, 0.1) is 0 Å². The van der Waals surface area contributed by atoms with Crippen molar-refractivity contribution in [2.45, 2.75) is 200 Å². The predicted octanol–water partition coefficient (Wildman–Crippen LogP) is 11.8. The van der Waals surface area contributed by atoms with Crippen LogP contribution in [-0.4, -0.2) is 69.4 Å². The van der Waals surface area contributed by atoms with E-state index >= 15 is 0 Å². The summed E-state index contributed by atoms with van der Waals surface area (Å²) in [4.78, 5) is 39.1. The molecule has 0 aromatic heterocycles. The van der Waals surface area contributed by atoms with Crippen LogP contribution in [0.1, 0.15) is 194 Å². The van der Waals surface area contributed by atoms with Crippen LogP contribution in [0.25, 0.3) is 0 Å². The van der Waals surface area contributed by atoms with Crippen molar-refractivity contribution in [3.05, 3.63) is 24.3 Å². The first kappa shape index (κ1) is 49.6. The molecule has 0 spiro atoms. The van der Waals surface area contributed by atoms with Gasteiger partial charge >= 0.3 is 18.0 Å². The fourth-order valence-electron chi connectivity index (χ4n) is 5.89. The van der Waals surface area contributed by atoms with Crippen molar-refractivity contribution in [2.24, 2.45) is 0 Å². The van der Waals surface area contributed by atoms with Crippen LogP contribution in [0.5, 0.6) is 0 Å². The molecular weight excluding hydrogens is 652 g/mol. The summed E-state index contributed by atoms with van der Waals surface area (Å²) in [5.74, 6) is -0.641. The van der Waals surface area contributed by atoms with Gasteiger partial charge in [-0.25, -0.2) is 4.79 Å². The maximum atomic E-state index is 12.4. The van der Waals surface area contributed by atoms with Crippen molar-refractivity contribution < 1.29 is 28.6 Å². The molecule has 0 heterocycles. The van der Waals surface area contributed by atoms with Crippen LogP contribution < -0.4 is 5.32 Å². The van der Waals surface area contributed by atoms with E-state index in [9.17, 15) is 14.4 Å². The average Bonchev–Trinajstić information content (AvgIpc) is 3.12. The number of amides is 1. The maximum absolute atomic E-state index is 12.4. The molecule has 304 valence electrons. The third-order valence-electron chi connectivity index (χ3n) is 9.25. The van der Waals surface area contributed by atoms with Gasteiger partial charge in [0, 0.05) is 25.9 Å². The quantitative estimate of drug-likeness (QED) is 0.0292. The molecule has 8 nitrogen and oxygen atoms in total. The monoisotopic (exact) mass is 735 g/mol. The SMILES string of the molecule is CCCCCCCC/C=C\CCCCCCCC(=O)OCC(COC(=O)CCCCCCC/C=C\CCCCCCCC)OC(=O)NCCN(C)C. The second-order valence-electron chi connectivity index (χ2n) is 14.8. The number of allylic oxidation sites excluding steroid dienone is 4. The number of alkyl carbamates (subject to hydrolysis) is 1. The first-order valence-electron chi connectivity index (χ1n) is 21.6. The molecule has 0 fully saturated rings. The third-order valence-corrected chi connectivity index (χ3v) is 9.25. The topological polar surface area (TPSA) is 94.2 Å². The highest BCUT2D eigenvalue weighted by Crippen LogP contribution is 2.12. The Hall–Kier alpha value is -2.35. The Morgan fingerprint density at radius 2 is 0.865 bits per heavy atom. The van der Waals surface area contributed by atoms with E-state index in [4.69, 9.17) is 14.2 Å². The Kier molecular flexibility index (Phi) is 38.0. The molecule has 1 amide bonds. The Morgan fingerprint density at radius 3 is 1.23 bits per heavy atom. The highest BCUT2D eigenvalue weighted by molar-refractivity contribution is 5.70. The summed E-state index contributed by atoms with van der Waals surface area (Å²) < 4.78 is 16.3. The van der Waals surface area contributed by atoms with E-state index in [1.54, 1.807) is 0 Å². The number of unbranched alkanes of at least 4 members (excludes halogenated alkanes) is 22. The number of esters is 2. The van der Waals surface area contributed by atoms with Gasteiger partial charge in [0.25, 0.3) is 0 Å². The molecule has 8 heteroatoms. The second kappa shape index (κ2) is 39.8. The summed E-state index contributed by atoms with van der Waals surface area (Å²) >= 11 is 0. The average molecular weight is 735 g/mol. The number of ether oxygens (including phenoxy) is 3. The number of carbonyl (C=O) groups is 3. The summed E-state index contributed by atoms with van der Waals surface area (Å²) in [5, 5.41) is 2.69. The van der Waals surface area contributed by atoms with Crippen LogP contribution in [-0.2, 0) is 23.8 Å². The van der Waals surface area contributed by atoms with Crippen LogP contribution >= 0.6 is 0 Å². The van der Waals surface area contributed by atoms with E-state index < -0.39 is 12.2 Å². The van der Waals surface area contributed by atoms with Crippen LogP contribution in [0.15, 0.2) is 24.3 Å². The van der Waals surface area contributed by atoms with Crippen molar-refractivity contribution >= 4 is 18.0 Å². The summed E-state index contributed by atoms with van der Waals surface area (Å²) in [6, 6.07) is 0. The molecule has 0 saturated heterocycles. The van der Waals surface area contributed by atoms with E-state index in [0.717, 1.165) is 64.2 Å². The van der Waals surface area contributed by atoms with Gasteiger partial charge in [0.1, 0.15) is 13.2 Å². The smallest absolute Gasteiger partial charge is 0.407 e. The predicted molar refractivity (Wildman–Crippen MR) is 218 cm³/mol. The molecule has 0 aromatic rings. The molecule has 0 atom stereocenters. The maximum Gasteiger partial charge on any atom is 0.407 e. The van der Waals surface area contributed by atoms with Crippen molar-refractivity contribution in [1.82, 2.24) is 10.2 Å². The fourth-order valence-corrected chi connectivity index (χ4v) is 5.89. The molecule has 0 unspecified atom stereocenters. The molecule has 0 rings (SSSR count). The number of hydrogen-bond donors (Lipinski definition) is 1. The van der Waals surface area contributed by atoms with Crippen LogP contribution in [0, 0.1) is 0 Å². The zero-order valence-corrected chi connectivity index (χ0v) is 34.4. The number of hydrogen-bond acceptors (Lipinski definition) is 7. The molecule has 0 aliphatic carbocycles. The molecule has 0 aliphatic heterocycles. The normalized spacial score (nSPS) is 11.7. The largest absolute Gasteiger partial charge is 0.462 e. The Labute approximate surface area is 320 Å². The molecule has 0 radical (unpaired) electrons. The minimum atomic E-state index is -0.851. The number of carbonyl (C=O) groups excluding carboxylic acids is 3. The molecule has 52 heavy (non-hydrogen) atoms. The van der Waals surface area contributed by atoms with E-state index in [1.165, 1.54) is 103 Å². The third kappa shape index (κ3) is 38.9. The lowest BCUT2D eigenvalue weighted by Gasteiger charge is -2.19. The van der Waals surface area contributed by atoms with Gasteiger partial charge in [-0.15, -0.1) is 0 Å². The number of nitrogens with one attached hydrogen (secondary N) is 1. The highest BCUT2D eigenvalue weighted by Gasteiger charge is 2.19. The van der Waals surface area contributed by atoms with E-state index in [1.807, 2.05) is 19.0 Å². The minimum absolute atomic E-state index is 0.133. The zero-order chi connectivity index (χ0) is 38.2.